The largest absolute Gasteiger partial charge is 0.497 e. The lowest BCUT2D eigenvalue weighted by molar-refractivity contribution is 0.0950. The molecule has 5 rings (SSSR count). The fourth-order valence-electron chi connectivity index (χ4n) is 5.51. The summed E-state index contributed by atoms with van der Waals surface area (Å²) in [5.41, 5.74) is 4.09. The van der Waals surface area contributed by atoms with Crippen molar-refractivity contribution in [2.24, 2.45) is 0 Å². The minimum atomic E-state index is -3.70. The van der Waals surface area contributed by atoms with Crippen molar-refractivity contribution >= 4 is 15.9 Å². The average molecular weight is 566 g/mol. The predicted molar refractivity (Wildman–Crippen MR) is 154 cm³/mol. The van der Waals surface area contributed by atoms with Gasteiger partial charge in [0.05, 0.1) is 17.6 Å². The van der Waals surface area contributed by atoms with Gasteiger partial charge in [-0.25, -0.2) is 8.42 Å². The Balaban J connectivity index is 1.17. The molecule has 2 aliphatic rings. The van der Waals surface area contributed by atoms with Crippen LogP contribution in [0.1, 0.15) is 64.1 Å². The number of likely N-dealkylation sites (tertiary alicyclic amines) is 1. The van der Waals surface area contributed by atoms with E-state index in [2.05, 4.69) is 34.5 Å². The van der Waals surface area contributed by atoms with E-state index in [0.717, 1.165) is 24.9 Å². The monoisotopic (exact) mass is 565 g/mol. The number of hydrogen-bond acceptors (Lipinski definition) is 6. The number of ether oxygens (including phenoxy) is 1. The molecule has 1 aliphatic carbocycles. The number of aryl methyl sites for hydroxylation is 2. The normalized spacial score (nSPS) is 16.0. The molecule has 9 heteroatoms. The lowest BCUT2D eigenvalue weighted by Gasteiger charge is -2.24. The maximum absolute atomic E-state index is 13.7. The lowest BCUT2D eigenvalue weighted by Crippen LogP contribution is -2.35. The Morgan fingerprint density at radius 1 is 1.05 bits per heavy atom. The van der Waals surface area contributed by atoms with Crippen LogP contribution in [-0.4, -0.2) is 56.3 Å². The molecular weight excluding hydrogens is 526 g/mol. The summed E-state index contributed by atoms with van der Waals surface area (Å²) in [4.78, 5) is 15.6. The average Bonchev–Trinajstić information content (AvgIpc) is 3.40. The van der Waals surface area contributed by atoms with Crippen molar-refractivity contribution in [2.45, 2.75) is 70.0 Å². The van der Waals surface area contributed by atoms with E-state index in [-0.39, 0.29) is 18.5 Å². The molecule has 1 aliphatic heterocycles. The molecule has 1 N–H and O–H groups in total. The smallest absolute Gasteiger partial charge is 0.254 e. The van der Waals surface area contributed by atoms with E-state index in [1.54, 1.807) is 43.5 Å². The summed E-state index contributed by atoms with van der Waals surface area (Å²) in [6.45, 7) is 7.63. The first-order valence-corrected chi connectivity index (χ1v) is 15.5. The number of nitrogens with zero attached hydrogens (tertiary/aromatic N) is 2. The van der Waals surface area contributed by atoms with Crippen LogP contribution >= 0.6 is 0 Å². The Morgan fingerprint density at radius 3 is 2.33 bits per heavy atom. The van der Waals surface area contributed by atoms with E-state index >= 15 is 0 Å². The molecule has 1 amide bonds. The van der Waals surface area contributed by atoms with Gasteiger partial charge in [-0.15, -0.1) is 0 Å². The van der Waals surface area contributed by atoms with E-state index < -0.39 is 10.0 Å². The Labute approximate surface area is 237 Å². The zero-order chi connectivity index (χ0) is 28.3. The first-order valence-electron chi connectivity index (χ1n) is 14.1. The molecule has 1 saturated carbocycles. The van der Waals surface area contributed by atoms with E-state index in [1.165, 1.54) is 37.8 Å². The highest BCUT2D eigenvalue weighted by atomic mass is 32.2. The van der Waals surface area contributed by atoms with Crippen LogP contribution in [0.5, 0.6) is 5.75 Å². The minimum absolute atomic E-state index is 0.00891. The summed E-state index contributed by atoms with van der Waals surface area (Å²) < 4.78 is 40.0. The van der Waals surface area contributed by atoms with Crippen LogP contribution in [0.25, 0.3) is 0 Å². The van der Waals surface area contributed by atoms with Crippen LogP contribution in [0.15, 0.2) is 58.0 Å². The van der Waals surface area contributed by atoms with Gasteiger partial charge in [0, 0.05) is 32.1 Å². The molecule has 0 radical (unpaired) electrons. The van der Waals surface area contributed by atoms with Crippen molar-refractivity contribution in [3.05, 3.63) is 82.3 Å². The van der Waals surface area contributed by atoms with Crippen LogP contribution < -0.4 is 10.1 Å². The third-order valence-electron chi connectivity index (χ3n) is 7.77. The van der Waals surface area contributed by atoms with Gasteiger partial charge in [-0.1, -0.05) is 24.3 Å². The third kappa shape index (κ3) is 6.59. The van der Waals surface area contributed by atoms with Crippen LogP contribution in [0.4, 0.5) is 0 Å². The second-order valence-corrected chi connectivity index (χ2v) is 12.8. The highest BCUT2D eigenvalue weighted by molar-refractivity contribution is 7.89. The Morgan fingerprint density at radius 2 is 1.70 bits per heavy atom. The summed E-state index contributed by atoms with van der Waals surface area (Å²) in [5.74, 6) is 1.01. The Kier molecular flexibility index (Phi) is 8.63. The second kappa shape index (κ2) is 12.2. The van der Waals surface area contributed by atoms with Crippen molar-refractivity contribution in [3.8, 4) is 5.75 Å². The molecule has 3 aromatic rings. The van der Waals surface area contributed by atoms with Crippen molar-refractivity contribution in [2.75, 3.05) is 26.7 Å². The molecule has 0 spiro atoms. The van der Waals surface area contributed by atoms with Crippen molar-refractivity contribution in [1.29, 1.82) is 0 Å². The highest BCUT2D eigenvalue weighted by Gasteiger charge is 2.39. The van der Waals surface area contributed by atoms with Gasteiger partial charge in [-0.3, -0.25) is 9.69 Å². The Hall–Kier alpha value is -3.14. The predicted octanol–water partition coefficient (Wildman–Crippen LogP) is 4.83. The van der Waals surface area contributed by atoms with Gasteiger partial charge < -0.3 is 14.5 Å². The van der Waals surface area contributed by atoms with Crippen LogP contribution in [0, 0.1) is 13.8 Å². The molecule has 2 fully saturated rings. The van der Waals surface area contributed by atoms with Crippen LogP contribution in [0.3, 0.4) is 0 Å². The number of nitrogens with one attached hydrogen (secondary N) is 1. The number of methoxy groups -OCH3 is 1. The minimum Gasteiger partial charge on any atom is -0.497 e. The number of rotatable bonds is 12. The number of benzene rings is 2. The van der Waals surface area contributed by atoms with Gasteiger partial charge in [0.15, 0.2) is 0 Å². The number of amides is 1. The molecular formula is C31H39N3O5S. The van der Waals surface area contributed by atoms with Gasteiger partial charge in [-0.2, -0.15) is 4.31 Å². The molecule has 0 unspecified atom stereocenters. The highest BCUT2D eigenvalue weighted by Crippen LogP contribution is 2.35. The fraction of sp³-hybridized carbons (Fsp3) is 0.452. The van der Waals surface area contributed by atoms with Gasteiger partial charge in [0.25, 0.3) is 5.91 Å². The van der Waals surface area contributed by atoms with Crippen LogP contribution in [0.2, 0.25) is 0 Å². The summed E-state index contributed by atoms with van der Waals surface area (Å²) in [6.07, 6.45) is 6.08. The summed E-state index contributed by atoms with van der Waals surface area (Å²) >= 11 is 0. The van der Waals surface area contributed by atoms with Crippen molar-refractivity contribution in [1.82, 2.24) is 14.5 Å². The van der Waals surface area contributed by atoms with E-state index in [0.29, 0.717) is 46.1 Å². The molecule has 1 saturated heterocycles. The van der Waals surface area contributed by atoms with Gasteiger partial charge in [0.1, 0.15) is 17.8 Å². The molecule has 0 bridgehead atoms. The SMILES string of the molecule is COc1cc(C)c(S(=O)(=O)N(CCc2cc(C(=O)NCc3ccc(CN4CCCC4)cc3)co2)C2CC2)c(C)c1. The number of carbonyl (C=O) groups is 1. The third-order valence-corrected chi connectivity index (χ3v) is 10.0. The number of furan rings is 1. The van der Waals surface area contributed by atoms with Gasteiger partial charge >= 0.3 is 0 Å². The molecule has 2 heterocycles. The molecule has 8 nitrogen and oxygen atoms in total. The number of sulfonamides is 1. The van der Waals surface area contributed by atoms with Gasteiger partial charge in [-0.05, 0) is 93.1 Å². The van der Waals surface area contributed by atoms with E-state index in [4.69, 9.17) is 9.15 Å². The van der Waals surface area contributed by atoms with Crippen LogP contribution in [-0.2, 0) is 29.5 Å². The second-order valence-electron chi connectivity index (χ2n) is 11.0. The first kappa shape index (κ1) is 28.4. The topological polar surface area (TPSA) is 92.1 Å². The molecule has 0 atom stereocenters. The first-order chi connectivity index (χ1) is 19.2. The summed E-state index contributed by atoms with van der Waals surface area (Å²) in [6, 6.07) is 13.6. The summed E-state index contributed by atoms with van der Waals surface area (Å²) in [7, 11) is -2.13. The van der Waals surface area contributed by atoms with Gasteiger partial charge in [0.2, 0.25) is 10.0 Å². The Bertz CT molecular complexity index is 1410. The van der Waals surface area contributed by atoms with Crippen molar-refractivity contribution < 1.29 is 22.4 Å². The standard InChI is InChI=1S/C31H39N3O5S/c1-22-16-29(38-3)17-23(2)30(22)40(36,37)34(27-10-11-27)15-12-28-18-26(21-39-28)31(35)32-19-24-6-8-25(9-7-24)20-33-13-4-5-14-33/h6-9,16-18,21,27H,4-5,10-15,19-20H2,1-3H3,(H,32,35). The quantitative estimate of drug-likeness (QED) is 0.338. The molecule has 2 aromatic carbocycles. The number of carbonyl (C=O) groups excluding carboxylic acids is 1. The zero-order valence-electron chi connectivity index (χ0n) is 23.6. The van der Waals surface area contributed by atoms with E-state index in [9.17, 15) is 13.2 Å². The molecule has 40 heavy (non-hydrogen) atoms. The van der Waals surface area contributed by atoms with Crippen molar-refractivity contribution in [3.63, 3.8) is 0 Å². The maximum Gasteiger partial charge on any atom is 0.254 e. The zero-order valence-corrected chi connectivity index (χ0v) is 24.4. The maximum atomic E-state index is 13.7. The summed E-state index contributed by atoms with van der Waals surface area (Å²) in [5, 5.41) is 2.96. The fourth-order valence-corrected chi connectivity index (χ4v) is 7.61. The molecule has 1 aromatic heterocycles. The molecule has 214 valence electrons. The van der Waals surface area contributed by atoms with E-state index in [1.807, 2.05) is 0 Å². The number of hydrogen-bond donors (Lipinski definition) is 1. The lowest BCUT2D eigenvalue weighted by atomic mass is 10.1.